The quantitative estimate of drug-likeness (QED) is 0.646. The van der Waals surface area contributed by atoms with Crippen LogP contribution in [0, 0.1) is 0 Å². The zero-order chi connectivity index (χ0) is 16.2. The minimum absolute atomic E-state index is 0.0295. The van der Waals surface area contributed by atoms with Gasteiger partial charge >= 0.3 is 0 Å². The molecule has 0 radical (unpaired) electrons. The number of nitrogens with zero attached hydrogens (tertiary/aromatic N) is 1. The molecule has 0 aliphatic heterocycles. The Bertz CT molecular complexity index is 650. The van der Waals surface area contributed by atoms with Gasteiger partial charge in [-0.25, -0.2) is 0 Å². The lowest BCUT2D eigenvalue weighted by atomic mass is 10.0. The molecule has 0 amide bonds. The maximum Gasteiger partial charge on any atom is 0.294 e. The number of ketones is 1. The molecule has 1 aromatic carbocycles. The lowest BCUT2D eigenvalue weighted by Crippen LogP contribution is -2.03. The van der Waals surface area contributed by atoms with E-state index in [1.807, 2.05) is 13.8 Å². The second-order valence-corrected chi connectivity index (χ2v) is 6.42. The van der Waals surface area contributed by atoms with E-state index in [1.54, 1.807) is 6.92 Å². The summed E-state index contributed by atoms with van der Waals surface area (Å²) in [4.78, 5) is 15.5. The van der Waals surface area contributed by atoms with E-state index in [2.05, 4.69) is 4.99 Å². The number of Topliss-reactive ketones (excluding diaryl/α,β-unsaturated/α-hetero) is 1. The van der Waals surface area contributed by atoms with Crippen LogP contribution in [0.4, 0.5) is 5.69 Å². The van der Waals surface area contributed by atoms with Gasteiger partial charge in [0.2, 0.25) is 0 Å². The Morgan fingerprint density at radius 1 is 1.14 bits per heavy atom. The molecule has 21 heavy (non-hydrogen) atoms. The van der Waals surface area contributed by atoms with Crippen molar-refractivity contribution in [1.82, 2.24) is 0 Å². The third-order valence-corrected chi connectivity index (χ3v) is 3.94. The molecule has 0 aliphatic rings. The Hall–Kier alpha value is -1.53. The summed E-state index contributed by atoms with van der Waals surface area (Å²) in [6.07, 6.45) is 1.44. The van der Waals surface area contributed by atoms with Gasteiger partial charge in [0, 0.05) is 12.1 Å². The highest BCUT2D eigenvalue weighted by molar-refractivity contribution is 7.85. The lowest BCUT2D eigenvalue weighted by Gasteiger charge is -2.12. The summed E-state index contributed by atoms with van der Waals surface area (Å²) in [5, 5.41) is 0. The molecule has 116 valence electrons. The van der Waals surface area contributed by atoms with Crippen LogP contribution in [0.2, 0.25) is 0 Å². The summed E-state index contributed by atoms with van der Waals surface area (Å²) in [5.41, 5.74) is 2.87. The number of hydrogen-bond acceptors (Lipinski definition) is 4. The van der Waals surface area contributed by atoms with E-state index < -0.39 is 10.1 Å². The first kappa shape index (κ1) is 17.5. The Labute approximate surface area is 125 Å². The second kappa shape index (κ2) is 6.95. The minimum Gasteiger partial charge on any atom is -0.300 e. The van der Waals surface area contributed by atoms with E-state index in [0.29, 0.717) is 24.2 Å². The first-order valence-corrected chi connectivity index (χ1v) is 8.29. The molecule has 0 atom stereocenters. The number of benzene rings is 1. The second-order valence-electron chi connectivity index (χ2n) is 5.00. The maximum absolute atomic E-state index is 11.3. The molecule has 1 aromatic rings. The molecule has 0 aliphatic carbocycles. The van der Waals surface area contributed by atoms with Crippen LogP contribution in [-0.4, -0.2) is 24.5 Å². The third-order valence-electron chi connectivity index (χ3n) is 3.11. The lowest BCUT2D eigenvalue weighted by molar-refractivity contribution is -0.115. The highest BCUT2D eigenvalue weighted by Gasteiger charge is 2.16. The summed E-state index contributed by atoms with van der Waals surface area (Å²) in [7, 11) is -4.23. The first-order valence-electron chi connectivity index (χ1n) is 6.85. The fourth-order valence-corrected chi connectivity index (χ4v) is 2.73. The normalized spacial score (nSPS) is 12.5. The summed E-state index contributed by atoms with van der Waals surface area (Å²) in [5.74, 6) is 0.0295. The van der Waals surface area contributed by atoms with E-state index in [1.165, 1.54) is 19.1 Å². The average molecular weight is 311 g/mol. The molecule has 1 N–H and O–H groups in total. The van der Waals surface area contributed by atoms with Crippen LogP contribution in [0.25, 0.3) is 0 Å². The van der Waals surface area contributed by atoms with Crippen molar-refractivity contribution in [3.63, 3.8) is 0 Å². The zero-order valence-corrected chi connectivity index (χ0v) is 13.6. The number of aryl methyl sites for hydroxylation is 2. The fourth-order valence-electron chi connectivity index (χ4n) is 2.15. The van der Waals surface area contributed by atoms with Crippen LogP contribution in [0.15, 0.2) is 22.0 Å². The molecule has 1 rings (SSSR count). The van der Waals surface area contributed by atoms with Crippen LogP contribution in [-0.2, 0) is 27.8 Å². The molecule has 0 bridgehead atoms. The van der Waals surface area contributed by atoms with E-state index in [9.17, 15) is 17.8 Å². The molecule has 0 spiro atoms. The van der Waals surface area contributed by atoms with Crippen molar-refractivity contribution >= 4 is 27.3 Å². The van der Waals surface area contributed by atoms with Gasteiger partial charge in [0.25, 0.3) is 10.1 Å². The molecule has 0 unspecified atom stereocenters. The summed E-state index contributed by atoms with van der Waals surface area (Å²) in [6.45, 7) is 7.06. The number of carbonyl (C=O) groups excluding carboxylic acids is 1. The van der Waals surface area contributed by atoms with Crippen molar-refractivity contribution in [3.05, 3.63) is 23.3 Å². The van der Waals surface area contributed by atoms with Crippen molar-refractivity contribution in [1.29, 1.82) is 0 Å². The van der Waals surface area contributed by atoms with E-state index in [0.717, 1.165) is 11.1 Å². The van der Waals surface area contributed by atoms with Gasteiger partial charge in [0.05, 0.1) is 10.6 Å². The highest BCUT2D eigenvalue weighted by atomic mass is 32.2. The molecule has 6 heteroatoms. The van der Waals surface area contributed by atoms with Crippen molar-refractivity contribution in [2.24, 2.45) is 4.99 Å². The molecular weight excluding hydrogens is 290 g/mol. The highest BCUT2D eigenvalue weighted by Crippen LogP contribution is 2.30. The van der Waals surface area contributed by atoms with Gasteiger partial charge in [-0.15, -0.1) is 0 Å². The monoisotopic (exact) mass is 311 g/mol. The molecular formula is C15H21NO4S. The predicted molar refractivity (Wildman–Crippen MR) is 83.1 cm³/mol. The van der Waals surface area contributed by atoms with E-state index >= 15 is 0 Å². The molecule has 0 aromatic heterocycles. The number of rotatable bonds is 6. The smallest absolute Gasteiger partial charge is 0.294 e. The zero-order valence-electron chi connectivity index (χ0n) is 12.8. The Morgan fingerprint density at radius 3 is 1.95 bits per heavy atom. The summed E-state index contributed by atoms with van der Waals surface area (Å²) < 4.78 is 31.9. The number of aliphatic imine (C=N–C) groups is 1. The van der Waals surface area contributed by atoms with E-state index in [4.69, 9.17) is 0 Å². The van der Waals surface area contributed by atoms with Crippen molar-refractivity contribution in [2.75, 3.05) is 0 Å². The SMILES string of the molecule is CCc1cc(S(=O)(=O)O)cc(CC)c1N=C(C)CC(C)=O. The van der Waals surface area contributed by atoms with Gasteiger partial charge in [-0.3, -0.25) is 14.3 Å². The van der Waals surface area contributed by atoms with Crippen molar-refractivity contribution < 1.29 is 17.8 Å². The standard InChI is InChI=1S/C15H21NO4S/c1-5-12-8-14(21(18,19)20)9-13(6-2)15(12)16-10(3)7-11(4)17/h8-9H,5-7H2,1-4H3,(H,18,19,20). The Balaban J connectivity index is 3.48. The number of carbonyl (C=O) groups is 1. The van der Waals surface area contributed by atoms with Gasteiger partial charge in [-0.1, -0.05) is 13.8 Å². The molecule has 0 heterocycles. The average Bonchev–Trinajstić information content (AvgIpc) is 2.36. The largest absolute Gasteiger partial charge is 0.300 e. The fraction of sp³-hybridized carbons (Fsp3) is 0.467. The van der Waals surface area contributed by atoms with Gasteiger partial charge in [0.15, 0.2) is 0 Å². The van der Waals surface area contributed by atoms with Gasteiger partial charge < -0.3 is 0 Å². The molecule has 5 nitrogen and oxygen atoms in total. The van der Waals surface area contributed by atoms with Crippen molar-refractivity contribution in [2.45, 2.75) is 51.9 Å². The van der Waals surface area contributed by atoms with Crippen LogP contribution < -0.4 is 0 Å². The van der Waals surface area contributed by atoms with Gasteiger partial charge in [0.1, 0.15) is 5.78 Å². The van der Waals surface area contributed by atoms with Crippen LogP contribution in [0.5, 0.6) is 0 Å². The minimum atomic E-state index is -4.23. The Morgan fingerprint density at radius 2 is 1.62 bits per heavy atom. The predicted octanol–water partition coefficient (Wildman–Crippen LogP) is 3.13. The summed E-state index contributed by atoms with van der Waals surface area (Å²) in [6, 6.07) is 2.88. The van der Waals surface area contributed by atoms with E-state index in [-0.39, 0.29) is 17.1 Å². The van der Waals surface area contributed by atoms with Gasteiger partial charge in [-0.05, 0) is 49.9 Å². The van der Waals surface area contributed by atoms with Crippen molar-refractivity contribution in [3.8, 4) is 0 Å². The van der Waals surface area contributed by atoms with Gasteiger partial charge in [-0.2, -0.15) is 8.42 Å². The Kier molecular flexibility index (Phi) is 5.80. The molecule has 0 saturated carbocycles. The van der Waals surface area contributed by atoms with Crippen LogP contribution in [0.3, 0.4) is 0 Å². The summed E-state index contributed by atoms with van der Waals surface area (Å²) >= 11 is 0. The first-order chi connectivity index (χ1) is 9.68. The van der Waals surface area contributed by atoms with Crippen LogP contribution >= 0.6 is 0 Å². The third kappa shape index (κ3) is 4.75. The molecule has 0 fully saturated rings. The number of hydrogen-bond donors (Lipinski definition) is 1. The topological polar surface area (TPSA) is 83.8 Å². The molecule has 0 saturated heterocycles. The van der Waals surface area contributed by atoms with Crippen LogP contribution in [0.1, 0.15) is 45.2 Å². The maximum atomic E-state index is 11.3.